The highest BCUT2D eigenvalue weighted by Gasteiger charge is 2.49. The lowest BCUT2D eigenvalue weighted by atomic mass is 10.2. The van der Waals surface area contributed by atoms with Gasteiger partial charge in [0.25, 0.3) is 0 Å². The maximum atomic E-state index is 12.3. The van der Waals surface area contributed by atoms with Gasteiger partial charge in [-0.3, -0.25) is 9.80 Å². The third-order valence-corrected chi connectivity index (χ3v) is 15.0. The van der Waals surface area contributed by atoms with Crippen LogP contribution in [0.15, 0.2) is 103 Å². The van der Waals surface area contributed by atoms with Crippen LogP contribution in [0.3, 0.4) is 0 Å². The van der Waals surface area contributed by atoms with Crippen molar-refractivity contribution in [2.75, 3.05) is 19.4 Å². The minimum atomic E-state index is -1.55. The zero-order valence-electron chi connectivity index (χ0n) is 36.7. The lowest BCUT2D eigenvalue weighted by Gasteiger charge is -2.34. The molecular weight excluding hydrogens is 827 g/mol. The molecular formula is C48H66BrN2O7P. The van der Waals surface area contributed by atoms with Crippen molar-refractivity contribution in [1.82, 2.24) is 9.80 Å². The number of nitrogens with zero attached hydrogens (tertiary/aromatic N) is 2. The molecule has 0 bridgehead atoms. The molecule has 2 aliphatic carbocycles. The van der Waals surface area contributed by atoms with Crippen LogP contribution in [0.4, 0.5) is 9.59 Å². The number of carbonyl (C=O) groups is 3. The maximum absolute atomic E-state index is 12.3. The number of amides is 2. The molecule has 2 atom stereocenters. The summed E-state index contributed by atoms with van der Waals surface area (Å²) in [7, 11) is -1.55. The highest BCUT2D eigenvalue weighted by molar-refractivity contribution is 7.95. The van der Waals surface area contributed by atoms with Gasteiger partial charge in [-0.05, 0) is 143 Å². The largest absolute Gasteiger partial charge is 1.00 e. The Kier molecular flexibility index (Phi) is 16.2. The van der Waals surface area contributed by atoms with Gasteiger partial charge in [-0.1, -0.05) is 66.7 Å². The summed E-state index contributed by atoms with van der Waals surface area (Å²) in [5.74, 6) is 1.59. The minimum Gasteiger partial charge on any atom is -1.00 e. The Hall–Kier alpha value is -3.56. The van der Waals surface area contributed by atoms with Crippen LogP contribution in [0.1, 0.15) is 94.9 Å². The van der Waals surface area contributed by atoms with E-state index in [-0.39, 0.29) is 35.7 Å². The van der Waals surface area contributed by atoms with E-state index in [0.29, 0.717) is 18.8 Å². The normalized spacial score (nSPS) is 21.0. The first-order valence-electron chi connectivity index (χ1n) is 20.8. The van der Waals surface area contributed by atoms with E-state index in [2.05, 4.69) is 103 Å². The average molecular weight is 894 g/mol. The number of benzene rings is 3. The first-order valence-corrected chi connectivity index (χ1v) is 22.7. The van der Waals surface area contributed by atoms with Crippen LogP contribution in [-0.4, -0.2) is 82.4 Å². The molecule has 322 valence electrons. The van der Waals surface area contributed by atoms with Crippen molar-refractivity contribution >= 4 is 41.6 Å². The molecule has 9 nitrogen and oxygen atoms in total. The van der Waals surface area contributed by atoms with Crippen LogP contribution in [0.5, 0.6) is 0 Å². The van der Waals surface area contributed by atoms with Gasteiger partial charge in [0.1, 0.15) is 58.2 Å². The van der Waals surface area contributed by atoms with Crippen LogP contribution < -0.4 is 32.9 Å². The van der Waals surface area contributed by atoms with Crippen molar-refractivity contribution < 1.29 is 50.3 Å². The summed E-state index contributed by atoms with van der Waals surface area (Å²) in [5, 5.41) is 4.55. The Balaban J connectivity index is 0.000000198. The van der Waals surface area contributed by atoms with Gasteiger partial charge in [0, 0.05) is 0 Å². The Morgan fingerprint density at radius 3 is 1.36 bits per heavy atom. The van der Waals surface area contributed by atoms with E-state index in [1.165, 1.54) is 52.7 Å². The van der Waals surface area contributed by atoms with E-state index in [1.807, 2.05) is 34.6 Å². The number of rotatable bonds is 8. The Morgan fingerprint density at radius 1 is 0.644 bits per heavy atom. The summed E-state index contributed by atoms with van der Waals surface area (Å²) >= 11 is 0. The van der Waals surface area contributed by atoms with Crippen molar-refractivity contribution in [3.63, 3.8) is 0 Å². The van der Waals surface area contributed by atoms with Gasteiger partial charge in [-0.25, -0.2) is 9.59 Å². The summed E-state index contributed by atoms with van der Waals surface area (Å²) in [6.07, 6.45) is 10.8. The molecule has 7 rings (SSSR count). The number of aldehydes is 1. The Labute approximate surface area is 364 Å². The molecule has 0 unspecified atom stereocenters. The quantitative estimate of drug-likeness (QED) is 0.150. The van der Waals surface area contributed by atoms with Crippen LogP contribution in [0, 0.1) is 11.8 Å². The molecule has 0 N–H and O–H groups in total. The van der Waals surface area contributed by atoms with Crippen LogP contribution in [0.25, 0.3) is 0 Å². The second-order valence-corrected chi connectivity index (χ2v) is 22.2. The fraction of sp³-hybridized carbons (Fsp3) is 0.521. The van der Waals surface area contributed by atoms with E-state index in [0.717, 1.165) is 5.92 Å². The van der Waals surface area contributed by atoms with Crippen LogP contribution in [-0.2, 0) is 23.7 Å². The second-order valence-electron chi connectivity index (χ2n) is 18.7. The Bertz CT molecular complexity index is 1740. The summed E-state index contributed by atoms with van der Waals surface area (Å²) in [4.78, 5) is 38.1. The van der Waals surface area contributed by atoms with E-state index < -0.39 is 42.0 Å². The zero-order valence-corrected chi connectivity index (χ0v) is 39.2. The summed E-state index contributed by atoms with van der Waals surface area (Å²) < 4.78 is 21.8. The van der Waals surface area contributed by atoms with Crippen molar-refractivity contribution in [3.05, 3.63) is 103 Å². The molecule has 2 aliphatic heterocycles. The van der Waals surface area contributed by atoms with E-state index in [4.69, 9.17) is 18.9 Å². The first-order chi connectivity index (χ1) is 27.3. The predicted molar refractivity (Wildman–Crippen MR) is 234 cm³/mol. The van der Waals surface area contributed by atoms with Gasteiger partial charge in [0.15, 0.2) is 0 Å². The molecule has 11 heteroatoms. The van der Waals surface area contributed by atoms with Gasteiger partial charge in [0.05, 0.1) is 25.4 Å². The Morgan fingerprint density at radius 2 is 1.02 bits per heavy atom. The number of halogens is 1. The number of hydrogen-bond donors (Lipinski definition) is 0. The van der Waals surface area contributed by atoms with Crippen molar-refractivity contribution in [2.24, 2.45) is 11.8 Å². The summed E-state index contributed by atoms with van der Waals surface area (Å²) in [6.45, 7) is 19.0. The number of ether oxygens (including phenoxy) is 4. The van der Waals surface area contributed by atoms with E-state index in [1.54, 1.807) is 39.5 Å². The summed E-state index contributed by atoms with van der Waals surface area (Å²) in [6, 6.07) is 33.0. The molecule has 0 spiro atoms. The monoisotopic (exact) mass is 892 g/mol. The van der Waals surface area contributed by atoms with Crippen molar-refractivity contribution in [1.29, 1.82) is 0 Å². The third-order valence-electron chi connectivity index (χ3n) is 10.4. The molecule has 2 heterocycles. The van der Waals surface area contributed by atoms with Gasteiger partial charge in [0.2, 0.25) is 0 Å². The first kappa shape index (κ1) is 48.1. The van der Waals surface area contributed by atoms with Gasteiger partial charge < -0.3 is 40.7 Å². The fourth-order valence-corrected chi connectivity index (χ4v) is 12.0. The molecule has 0 aromatic heterocycles. The molecule has 3 aromatic rings. The smallest absolute Gasteiger partial charge is 0.413 e. The lowest BCUT2D eigenvalue weighted by Crippen LogP contribution is -3.00. The molecule has 0 radical (unpaired) electrons. The summed E-state index contributed by atoms with van der Waals surface area (Å²) in [5.41, 5.74) is -2.47. The third kappa shape index (κ3) is 13.2. The standard InChI is InChI=1S/C22H22P.C15H25NO3.C11H19NO4.BrH/c1-4-10-20(11-5-1)23(18-19-16-17-19,21-12-6-2-7-13-21)22-14-8-3-9-15-22;1-14(2,3)19-13(17)16-12(9-8-11-6-7-11)10-18-15(16,4)5;1-10(2,3)16-9(14)12-8(6-13)7-15-11(12,4)5;/h1-15,19H,16-18H2;8-9,11-12H,6-7,10H2,1-5H3;6,8H,7H2,1-5H3;1H/q+1;;;/p-1/b;9-8+;;/t;12-;8-;/m.00./s1. The molecule has 2 saturated carbocycles. The lowest BCUT2D eigenvalue weighted by molar-refractivity contribution is -0.113. The van der Waals surface area contributed by atoms with Gasteiger partial charge >= 0.3 is 12.2 Å². The van der Waals surface area contributed by atoms with Crippen molar-refractivity contribution in [3.8, 4) is 0 Å². The second kappa shape index (κ2) is 19.9. The SMILES string of the molecule is CC(C)(C)OC(=O)N1[C@@H](/C=C/C2CC2)COC1(C)C.CC(C)(C)OC(=O)N1[C@@H](C=O)COC1(C)C.[Br-].c1ccc([P+](CC2CC2)(c2ccccc2)c2ccccc2)cc1. The fourth-order valence-electron chi connectivity index (χ4n) is 7.31. The van der Waals surface area contributed by atoms with E-state index >= 15 is 0 Å². The van der Waals surface area contributed by atoms with Crippen molar-refractivity contribution in [2.45, 2.75) is 130 Å². The molecule has 3 aromatic carbocycles. The predicted octanol–water partition coefficient (Wildman–Crippen LogP) is 6.28. The highest BCUT2D eigenvalue weighted by Crippen LogP contribution is 2.59. The maximum Gasteiger partial charge on any atom is 0.413 e. The molecule has 4 aliphatic rings. The van der Waals surface area contributed by atoms with Gasteiger partial charge in [-0.15, -0.1) is 0 Å². The number of hydrogen-bond acceptors (Lipinski definition) is 7. The molecule has 59 heavy (non-hydrogen) atoms. The van der Waals surface area contributed by atoms with Crippen LogP contribution >= 0.6 is 7.26 Å². The molecule has 4 fully saturated rings. The average Bonchev–Trinajstić information content (AvgIpc) is 4.10. The zero-order chi connectivity index (χ0) is 42.4. The molecule has 2 amide bonds. The highest BCUT2D eigenvalue weighted by atomic mass is 79.9. The number of carbonyl (C=O) groups excluding carboxylic acids is 3. The number of allylic oxidation sites excluding steroid dienone is 1. The topological polar surface area (TPSA) is 94.6 Å². The van der Waals surface area contributed by atoms with E-state index in [9.17, 15) is 14.4 Å². The minimum absolute atomic E-state index is 0. The van der Waals surface area contributed by atoms with Crippen LogP contribution in [0.2, 0.25) is 0 Å². The molecule has 2 saturated heterocycles. The van der Waals surface area contributed by atoms with Gasteiger partial charge in [-0.2, -0.15) is 0 Å².